The summed E-state index contributed by atoms with van der Waals surface area (Å²) in [6, 6.07) is 7.56. The number of carbonyl (C=O) groups is 1. The van der Waals surface area contributed by atoms with Crippen molar-refractivity contribution >= 4 is 11.5 Å². The van der Waals surface area contributed by atoms with Gasteiger partial charge in [-0.25, -0.2) is 0 Å². The summed E-state index contributed by atoms with van der Waals surface area (Å²) in [5.74, 6) is 0.0985. The number of nitrogens with two attached hydrogens (primary N) is 1. The Bertz CT molecular complexity index is 363. The second-order valence-electron chi connectivity index (χ2n) is 5.15. The molecule has 0 aliphatic rings. The van der Waals surface area contributed by atoms with Crippen LogP contribution in [0.25, 0.3) is 0 Å². The van der Waals surface area contributed by atoms with Crippen molar-refractivity contribution in [2.24, 2.45) is 5.73 Å². The van der Waals surface area contributed by atoms with Crippen LogP contribution in [0.5, 0.6) is 0 Å². The highest BCUT2D eigenvalue weighted by Crippen LogP contribution is 2.11. The Morgan fingerprint density at radius 2 is 1.88 bits per heavy atom. The highest BCUT2D eigenvalue weighted by Gasteiger charge is 2.08. The van der Waals surface area contributed by atoms with Gasteiger partial charge in [0.15, 0.2) is 5.78 Å². The van der Waals surface area contributed by atoms with Crippen molar-refractivity contribution in [1.82, 2.24) is 0 Å². The predicted octanol–water partition coefficient (Wildman–Crippen LogP) is 2.82. The number of nitrogens with one attached hydrogen (secondary N) is 1. The van der Waals surface area contributed by atoms with Gasteiger partial charge >= 0.3 is 0 Å². The molecule has 0 aliphatic carbocycles. The van der Waals surface area contributed by atoms with Gasteiger partial charge in [0.1, 0.15) is 0 Å². The van der Waals surface area contributed by atoms with Gasteiger partial charge in [0, 0.05) is 23.3 Å². The Balaban J connectivity index is 2.35. The van der Waals surface area contributed by atoms with Crippen LogP contribution >= 0.6 is 0 Å². The number of Topliss-reactive ketones (excluding diaryl/α,β-unsaturated/α-hetero) is 1. The second-order valence-corrected chi connectivity index (χ2v) is 5.15. The average molecular weight is 234 g/mol. The fourth-order valence-electron chi connectivity index (χ4n) is 1.60. The molecular formula is C14H22N2O. The predicted molar refractivity (Wildman–Crippen MR) is 72.4 cm³/mol. The van der Waals surface area contributed by atoms with Gasteiger partial charge in [-0.2, -0.15) is 0 Å². The first kappa shape index (κ1) is 13.7. The van der Waals surface area contributed by atoms with E-state index in [9.17, 15) is 4.79 Å². The third-order valence-electron chi connectivity index (χ3n) is 2.62. The molecule has 3 N–H and O–H groups in total. The standard InChI is InChI=1S/C14H22N2O/c1-11(17)12-5-7-13(8-6-12)16-10-4-9-14(2,3)15/h5-8,16H,4,9-10,15H2,1-3H3. The number of anilines is 1. The first-order valence-electron chi connectivity index (χ1n) is 6.02. The molecule has 0 atom stereocenters. The first-order valence-corrected chi connectivity index (χ1v) is 6.02. The van der Waals surface area contributed by atoms with Crippen LogP contribution in [-0.2, 0) is 0 Å². The number of benzene rings is 1. The van der Waals surface area contributed by atoms with Crippen LogP contribution in [0.2, 0.25) is 0 Å². The minimum atomic E-state index is -0.0971. The summed E-state index contributed by atoms with van der Waals surface area (Å²) >= 11 is 0. The van der Waals surface area contributed by atoms with Crippen LogP contribution in [0.1, 0.15) is 44.0 Å². The zero-order chi connectivity index (χ0) is 12.9. The zero-order valence-corrected chi connectivity index (χ0v) is 10.9. The summed E-state index contributed by atoms with van der Waals surface area (Å²) in [6.45, 7) is 6.55. The smallest absolute Gasteiger partial charge is 0.159 e. The van der Waals surface area contributed by atoms with Gasteiger partial charge in [0.05, 0.1) is 0 Å². The van der Waals surface area contributed by atoms with Gasteiger partial charge in [-0.1, -0.05) is 0 Å². The molecule has 0 radical (unpaired) electrons. The van der Waals surface area contributed by atoms with Crippen molar-refractivity contribution in [1.29, 1.82) is 0 Å². The third kappa shape index (κ3) is 5.50. The van der Waals surface area contributed by atoms with E-state index in [2.05, 4.69) is 5.32 Å². The number of carbonyl (C=O) groups excluding carboxylic acids is 1. The van der Waals surface area contributed by atoms with Gasteiger partial charge in [0.25, 0.3) is 0 Å². The van der Waals surface area contributed by atoms with Gasteiger partial charge in [0.2, 0.25) is 0 Å². The van der Waals surface area contributed by atoms with Crippen LogP contribution in [0.3, 0.4) is 0 Å². The van der Waals surface area contributed by atoms with Crippen molar-refractivity contribution < 1.29 is 4.79 Å². The molecule has 0 fully saturated rings. The molecule has 0 amide bonds. The van der Waals surface area contributed by atoms with Crippen molar-refractivity contribution in [3.8, 4) is 0 Å². The van der Waals surface area contributed by atoms with E-state index >= 15 is 0 Å². The second kappa shape index (κ2) is 5.82. The number of hydrogen-bond donors (Lipinski definition) is 2. The van der Waals surface area contributed by atoms with Gasteiger partial charge in [-0.15, -0.1) is 0 Å². The Morgan fingerprint density at radius 3 is 2.35 bits per heavy atom. The molecule has 1 rings (SSSR count). The maximum Gasteiger partial charge on any atom is 0.159 e. The fraction of sp³-hybridized carbons (Fsp3) is 0.500. The Hall–Kier alpha value is -1.35. The van der Waals surface area contributed by atoms with E-state index in [4.69, 9.17) is 5.73 Å². The Labute approximate surface area is 103 Å². The number of rotatable bonds is 6. The molecule has 17 heavy (non-hydrogen) atoms. The van der Waals surface area contributed by atoms with E-state index in [0.29, 0.717) is 0 Å². The van der Waals surface area contributed by atoms with Crippen LogP contribution in [0, 0.1) is 0 Å². The molecular weight excluding hydrogens is 212 g/mol. The van der Waals surface area contributed by atoms with Crippen molar-refractivity contribution in [2.75, 3.05) is 11.9 Å². The minimum absolute atomic E-state index is 0.0971. The molecule has 1 aromatic rings. The summed E-state index contributed by atoms with van der Waals surface area (Å²) in [5, 5.41) is 3.32. The summed E-state index contributed by atoms with van der Waals surface area (Å²) in [6.07, 6.45) is 2.03. The summed E-state index contributed by atoms with van der Waals surface area (Å²) < 4.78 is 0. The number of hydrogen-bond acceptors (Lipinski definition) is 3. The molecule has 0 saturated carbocycles. The molecule has 3 nitrogen and oxygen atoms in total. The molecule has 0 unspecified atom stereocenters. The molecule has 1 aromatic carbocycles. The minimum Gasteiger partial charge on any atom is -0.385 e. The normalized spacial score (nSPS) is 11.3. The van der Waals surface area contributed by atoms with E-state index in [1.165, 1.54) is 0 Å². The first-order chi connectivity index (χ1) is 7.88. The van der Waals surface area contributed by atoms with E-state index < -0.39 is 0 Å². The Morgan fingerprint density at radius 1 is 1.29 bits per heavy atom. The highest BCUT2D eigenvalue weighted by molar-refractivity contribution is 5.94. The molecule has 0 heterocycles. The lowest BCUT2D eigenvalue weighted by Crippen LogP contribution is -2.32. The summed E-state index contributed by atoms with van der Waals surface area (Å²) in [4.78, 5) is 11.1. The molecule has 0 aromatic heterocycles. The van der Waals surface area contributed by atoms with Gasteiger partial charge in [-0.3, -0.25) is 4.79 Å². The molecule has 94 valence electrons. The molecule has 0 bridgehead atoms. The van der Waals surface area contributed by atoms with Crippen LogP contribution < -0.4 is 11.1 Å². The van der Waals surface area contributed by atoms with Crippen molar-refractivity contribution in [3.05, 3.63) is 29.8 Å². The summed E-state index contributed by atoms with van der Waals surface area (Å²) in [5.41, 5.74) is 7.60. The van der Waals surface area contributed by atoms with Crippen LogP contribution in [-0.4, -0.2) is 17.9 Å². The van der Waals surface area contributed by atoms with E-state index in [-0.39, 0.29) is 11.3 Å². The van der Waals surface area contributed by atoms with Crippen LogP contribution in [0.15, 0.2) is 24.3 Å². The van der Waals surface area contributed by atoms with Crippen molar-refractivity contribution in [2.45, 2.75) is 39.2 Å². The van der Waals surface area contributed by atoms with Gasteiger partial charge < -0.3 is 11.1 Å². The lowest BCUT2D eigenvalue weighted by Gasteiger charge is -2.18. The van der Waals surface area contributed by atoms with E-state index in [1.807, 2.05) is 38.1 Å². The lowest BCUT2D eigenvalue weighted by atomic mass is 10.0. The third-order valence-corrected chi connectivity index (χ3v) is 2.62. The molecule has 0 aliphatic heterocycles. The SMILES string of the molecule is CC(=O)c1ccc(NCCCC(C)(C)N)cc1. The average Bonchev–Trinajstić information content (AvgIpc) is 2.24. The molecule has 0 saturated heterocycles. The van der Waals surface area contributed by atoms with Gasteiger partial charge in [-0.05, 0) is 57.9 Å². The van der Waals surface area contributed by atoms with E-state index in [1.54, 1.807) is 6.92 Å². The Kier molecular flexibility index (Phi) is 4.70. The maximum atomic E-state index is 11.1. The largest absolute Gasteiger partial charge is 0.385 e. The highest BCUT2D eigenvalue weighted by atomic mass is 16.1. The topological polar surface area (TPSA) is 55.1 Å². The van der Waals surface area contributed by atoms with Crippen molar-refractivity contribution in [3.63, 3.8) is 0 Å². The summed E-state index contributed by atoms with van der Waals surface area (Å²) in [7, 11) is 0. The molecule has 3 heteroatoms. The fourth-order valence-corrected chi connectivity index (χ4v) is 1.60. The maximum absolute atomic E-state index is 11.1. The number of ketones is 1. The quantitative estimate of drug-likeness (QED) is 0.588. The van der Waals surface area contributed by atoms with E-state index in [0.717, 1.165) is 30.6 Å². The van der Waals surface area contributed by atoms with Crippen LogP contribution in [0.4, 0.5) is 5.69 Å². The lowest BCUT2D eigenvalue weighted by molar-refractivity contribution is 0.101. The molecule has 0 spiro atoms. The monoisotopic (exact) mass is 234 g/mol. The zero-order valence-electron chi connectivity index (χ0n) is 10.9.